The minimum absolute atomic E-state index is 0.275. The van der Waals surface area contributed by atoms with Crippen molar-refractivity contribution in [1.29, 1.82) is 0 Å². The first-order chi connectivity index (χ1) is 16.6. The Morgan fingerprint density at radius 3 is 2.37 bits per heavy atom. The van der Waals surface area contributed by atoms with Crippen molar-refractivity contribution < 1.29 is 8.42 Å². The number of hydrogen-bond acceptors (Lipinski definition) is 7. The Morgan fingerprint density at radius 1 is 1.03 bits per heavy atom. The number of rotatable bonds is 8. The molecule has 0 radical (unpaired) electrons. The third-order valence-corrected chi connectivity index (χ3v) is 8.27. The lowest BCUT2D eigenvalue weighted by molar-refractivity contribution is 0.240. The standard InChI is InChI=1S/C25H37N7O2S/c1-7-10-32-22-9-8-20(35(33,34)29(5)6)16-21(22)27-24(32)17-30-11-13-31(14-12-30)23-15-19(4)26-25(28-23)18(2)3/h8-9,15-16,18H,7,10-14,17H2,1-6H3. The van der Waals surface area contributed by atoms with Crippen LogP contribution in [-0.4, -0.2) is 77.4 Å². The van der Waals surface area contributed by atoms with E-state index in [0.29, 0.717) is 5.92 Å². The van der Waals surface area contributed by atoms with Gasteiger partial charge in [-0.15, -0.1) is 0 Å². The minimum atomic E-state index is -3.50. The van der Waals surface area contributed by atoms with Gasteiger partial charge in [-0.1, -0.05) is 20.8 Å². The van der Waals surface area contributed by atoms with Gasteiger partial charge in [0.05, 0.1) is 22.5 Å². The number of fused-ring (bicyclic) bond motifs is 1. The van der Waals surface area contributed by atoms with E-state index in [-0.39, 0.29) is 4.90 Å². The van der Waals surface area contributed by atoms with Crippen molar-refractivity contribution in [1.82, 2.24) is 28.7 Å². The van der Waals surface area contributed by atoms with Gasteiger partial charge in [0.25, 0.3) is 0 Å². The van der Waals surface area contributed by atoms with E-state index in [9.17, 15) is 8.42 Å². The molecule has 9 nitrogen and oxygen atoms in total. The van der Waals surface area contributed by atoms with Gasteiger partial charge < -0.3 is 9.47 Å². The molecule has 1 fully saturated rings. The first kappa shape index (κ1) is 25.5. The van der Waals surface area contributed by atoms with Gasteiger partial charge in [0.1, 0.15) is 17.5 Å². The van der Waals surface area contributed by atoms with E-state index in [1.807, 2.05) is 13.0 Å². The van der Waals surface area contributed by atoms with Crippen LogP contribution in [-0.2, 0) is 23.1 Å². The average molecular weight is 500 g/mol. The number of hydrogen-bond donors (Lipinski definition) is 0. The summed E-state index contributed by atoms with van der Waals surface area (Å²) in [7, 11) is -0.401. The first-order valence-electron chi connectivity index (χ1n) is 12.3. The third kappa shape index (κ3) is 5.34. The smallest absolute Gasteiger partial charge is 0.242 e. The summed E-state index contributed by atoms with van der Waals surface area (Å²) < 4.78 is 28.7. The largest absolute Gasteiger partial charge is 0.354 e. The molecule has 0 N–H and O–H groups in total. The highest BCUT2D eigenvalue weighted by Gasteiger charge is 2.23. The van der Waals surface area contributed by atoms with Crippen LogP contribution in [0.25, 0.3) is 11.0 Å². The number of benzene rings is 1. The molecule has 0 atom stereocenters. The van der Waals surface area contributed by atoms with Crippen LogP contribution in [0.4, 0.5) is 5.82 Å². The summed E-state index contributed by atoms with van der Waals surface area (Å²) in [5.74, 6) is 3.18. The molecule has 0 bridgehead atoms. The molecule has 1 aliphatic rings. The second-order valence-corrected chi connectivity index (χ2v) is 11.9. The Hall–Kier alpha value is -2.56. The highest BCUT2D eigenvalue weighted by molar-refractivity contribution is 7.89. The predicted molar refractivity (Wildman–Crippen MR) is 139 cm³/mol. The number of aryl methyl sites for hydroxylation is 2. The second kappa shape index (κ2) is 10.2. The molecule has 0 amide bonds. The van der Waals surface area contributed by atoms with Crippen LogP contribution < -0.4 is 4.90 Å². The third-order valence-electron chi connectivity index (χ3n) is 6.46. The Labute approximate surface area is 208 Å². The normalized spacial score (nSPS) is 15.6. The van der Waals surface area contributed by atoms with Crippen molar-refractivity contribution in [3.8, 4) is 0 Å². The number of imidazole rings is 1. The highest BCUT2D eigenvalue weighted by atomic mass is 32.2. The van der Waals surface area contributed by atoms with Crippen LogP contribution in [0.15, 0.2) is 29.2 Å². The Morgan fingerprint density at radius 2 is 1.74 bits per heavy atom. The van der Waals surface area contributed by atoms with Gasteiger partial charge in [-0.3, -0.25) is 4.90 Å². The summed E-state index contributed by atoms with van der Waals surface area (Å²) in [5.41, 5.74) is 2.72. The molecule has 0 aliphatic carbocycles. The van der Waals surface area contributed by atoms with Crippen molar-refractivity contribution in [3.05, 3.63) is 41.6 Å². The van der Waals surface area contributed by atoms with Crippen LogP contribution in [0.1, 0.15) is 50.5 Å². The van der Waals surface area contributed by atoms with Crippen molar-refractivity contribution in [3.63, 3.8) is 0 Å². The van der Waals surface area contributed by atoms with Crippen LogP contribution in [0.2, 0.25) is 0 Å². The topological polar surface area (TPSA) is 87.5 Å². The average Bonchev–Trinajstić information content (AvgIpc) is 3.15. The van der Waals surface area contributed by atoms with E-state index < -0.39 is 10.0 Å². The zero-order chi connectivity index (χ0) is 25.3. The van der Waals surface area contributed by atoms with Crippen LogP contribution >= 0.6 is 0 Å². The molecule has 10 heteroatoms. The summed E-state index contributed by atoms with van der Waals surface area (Å²) in [4.78, 5) is 19.3. The number of aromatic nitrogens is 4. The lowest BCUT2D eigenvalue weighted by atomic mass is 10.2. The Bertz CT molecular complexity index is 1290. The second-order valence-electron chi connectivity index (χ2n) is 9.76. The van der Waals surface area contributed by atoms with Gasteiger partial charge >= 0.3 is 0 Å². The SMILES string of the molecule is CCCn1c(CN2CCN(c3cc(C)nc(C(C)C)n3)CC2)nc2cc(S(=O)(=O)N(C)C)ccc21. The van der Waals surface area contributed by atoms with Crippen LogP contribution in [0, 0.1) is 6.92 Å². The molecule has 0 spiro atoms. The van der Waals surface area contributed by atoms with Gasteiger partial charge in [-0.25, -0.2) is 27.7 Å². The molecule has 1 saturated heterocycles. The van der Waals surface area contributed by atoms with Crippen LogP contribution in [0.3, 0.4) is 0 Å². The molecule has 190 valence electrons. The van der Waals surface area contributed by atoms with Crippen molar-refractivity contribution in [2.75, 3.05) is 45.2 Å². The quantitative estimate of drug-likeness (QED) is 0.470. The van der Waals surface area contributed by atoms with Gasteiger partial charge in [-0.05, 0) is 31.5 Å². The zero-order valence-electron chi connectivity index (χ0n) is 21.7. The van der Waals surface area contributed by atoms with Gasteiger partial charge in [0.15, 0.2) is 0 Å². The zero-order valence-corrected chi connectivity index (χ0v) is 22.5. The van der Waals surface area contributed by atoms with Gasteiger partial charge in [0, 0.05) is 64.5 Å². The van der Waals surface area contributed by atoms with E-state index in [2.05, 4.69) is 46.2 Å². The minimum Gasteiger partial charge on any atom is -0.354 e. The van der Waals surface area contributed by atoms with E-state index in [1.165, 1.54) is 4.31 Å². The molecule has 3 aromatic rings. The number of nitrogens with zero attached hydrogens (tertiary/aromatic N) is 7. The molecule has 3 heterocycles. The maximum Gasteiger partial charge on any atom is 0.242 e. The summed E-state index contributed by atoms with van der Waals surface area (Å²) in [6.45, 7) is 13.6. The monoisotopic (exact) mass is 499 g/mol. The van der Waals surface area contributed by atoms with E-state index in [1.54, 1.807) is 26.2 Å². The molecule has 1 aliphatic heterocycles. The molecule has 4 rings (SSSR count). The fraction of sp³-hybridized carbons (Fsp3) is 0.560. The number of anilines is 1. The maximum atomic E-state index is 12.6. The Kier molecular flexibility index (Phi) is 7.44. The molecule has 35 heavy (non-hydrogen) atoms. The summed E-state index contributed by atoms with van der Waals surface area (Å²) in [6, 6.07) is 7.34. The predicted octanol–water partition coefficient (Wildman–Crippen LogP) is 3.24. The molecule has 2 aromatic heterocycles. The fourth-order valence-corrected chi connectivity index (χ4v) is 5.38. The summed E-state index contributed by atoms with van der Waals surface area (Å²) >= 11 is 0. The number of piperazine rings is 1. The van der Waals surface area contributed by atoms with E-state index in [4.69, 9.17) is 9.97 Å². The fourth-order valence-electron chi connectivity index (χ4n) is 4.45. The van der Waals surface area contributed by atoms with Crippen molar-refractivity contribution in [2.24, 2.45) is 0 Å². The van der Waals surface area contributed by atoms with E-state index >= 15 is 0 Å². The number of sulfonamides is 1. The first-order valence-corrected chi connectivity index (χ1v) is 13.8. The molecule has 0 saturated carbocycles. The van der Waals surface area contributed by atoms with Crippen LogP contribution in [0.5, 0.6) is 0 Å². The van der Waals surface area contributed by atoms with Crippen molar-refractivity contribution >= 4 is 26.9 Å². The summed E-state index contributed by atoms with van der Waals surface area (Å²) in [5, 5.41) is 0. The molecule has 1 aromatic carbocycles. The van der Waals surface area contributed by atoms with Gasteiger partial charge in [-0.2, -0.15) is 0 Å². The highest BCUT2D eigenvalue weighted by Crippen LogP contribution is 2.24. The lowest BCUT2D eigenvalue weighted by Crippen LogP contribution is -2.46. The van der Waals surface area contributed by atoms with E-state index in [0.717, 1.165) is 79.9 Å². The lowest BCUT2D eigenvalue weighted by Gasteiger charge is -2.35. The molecule has 0 unspecified atom stereocenters. The Balaban J connectivity index is 1.52. The molecular formula is C25H37N7O2S. The van der Waals surface area contributed by atoms with Crippen molar-refractivity contribution in [2.45, 2.75) is 58.0 Å². The summed E-state index contributed by atoms with van der Waals surface area (Å²) in [6.07, 6.45) is 0.981. The maximum absolute atomic E-state index is 12.6. The molecular weight excluding hydrogens is 462 g/mol. The van der Waals surface area contributed by atoms with Gasteiger partial charge in [0.2, 0.25) is 10.0 Å².